The lowest BCUT2D eigenvalue weighted by atomic mass is 9.90. The van der Waals surface area contributed by atoms with Crippen LogP contribution >= 0.6 is 0 Å². The van der Waals surface area contributed by atoms with Crippen LogP contribution in [0.4, 0.5) is 0 Å². The van der Waals surface area contributed by atoms with Crippen molar-refractivity contribution in [3.63, 3.8) is 0 Å². The van der Waals surface area contributed by atoms with Crippen molar-refractivity contribution < 1.29 is 8.83 Å². The van der Waals surface area contributed by atoms with Gasteiger partial charge in [-0.1, -0.05) is 72.8 Å². The van der Waals surface area contributed by atoms with Gasteiger partial charge in [0.25, 0.3) is 0 Å². The SMILES string of the molecule is c1cc(-c2ccc3c4ccc(-c5cccc6ncoc56)cc4c4ccccc4c3c2)c2ocnc2c1. The van der Waals surface area contributed by atoms with Crippen molar-refractivity contribution in [2.45, 2.75) is 0 Å². The summed E-state index contributed by atoms with van der Waals surface area (Å²) in [5.74, 6) is 0. The molecule has 0 unspecified atom stereocenters. The molecule has 4 heteroatoms. The van der Waals surface area contributed by atoms with Gasteiger partial charge in [-0.3, -0.25) is 0 Å². The fourth-order valence-electron chi connectivity index (χ4n) is 5.52. The predicted molar refractivity (Wildman–Crippen MR) is 145 cm³/mol. The van der Waals surface area contributed by atoms with Crippen LogP contribution in [0.5, 0.6) is 0 Å². The number of hydrogen-bond acceptors (Lipinski definition) is 4. The van der Waals surface area contributed by atoms with E-state index in [0.29, 0.717) is 0 Å². The predicted octanol–water partition coefficient (Wildman–Crippen LogP) is 8.76. The molecule has 0 saturated carbocycles. The van der Waals surface area contributed by atoms with Crippen molar-refractivity contribution in [3.8, 4) is 22.3 Å². The zero-order valence-electron chi connectivity index (χ0n) is 19.1. The van der Waals surface area contributed by atoms with E-state index in [1.807, 2.05) is 24.3 Å². The van der Waals surface area contributed by atoms with Gasteiger partial charge in [0, 0.05) is 11.1 Å². The second-order valence-electron chi connectivity index (χ2n) is 9.08. The summed E-state index contributed by atoms with van der Waals surface area (Å²) in [5, 5.41) is 7.33. The minimum Gasteiger partial charge on any atom is -0.443 e. The van der Waals surface area contributed by atoms with Crippen molar-refractivity contribution >= 4 is 54.5 Å². The maximum Gasteiger partial charge on any atom is 0.182 e. The molecule has 6 aromatic carbocycles. The molecule has 36 heavy (non-hydrogen) atoms. The minimum atomic E-state index is 0.813. The monoisotopic (exact) mass is 462 g/mol. The second-order valence-corrected chi connectivity index (χ2v) is 9.08. The summed E-state index contributed by atoms with van der Waals surface area (Å²) >= 11 is 0. The first-order valence-corrected chi connectivity index (χ1v) is 11.9. The number of benzene rings is 6. The molecule has 0 bridgehead atoms. The summed E-state index contributed by atoms with van der Waals surface area (Å²) in [4.78, 5) is 8.66. The molecule has 0 radical (unpaired) electrons. The van der Waals surface area contributed by atoms with Gasteiger partial charge in [-0.2, -0.15) is 0 Å². The van der Waals surface area contributed by atoms with Crippen molar-refractivity contribution in [1.82, 2.24) is 9.97 Å². The number of nitrogens with zero attached hydrogens (tertiary/aromatic N) is 2. The maximum atomic E-state index is 5.73. The number of rotatable bonds is 2. The average Bonchev–Trinajstić information content (AvgIpc) is 3.62. The molecule has 0 fully saturated rings. The van der Waals surface area contributed by atoms with Crippen LogP contribution in [0, 0.1) is 0 Å². The van der Waals surface area contributed by atoms with Gasteiger partial charge in [0.1, 0.15) is 11.0 Å². The van der Waals surface area contributed by atoms with E-state index < -0.39 is 0 Å². The van der Waals surface area contributed by atoms with Crippen LogP contribution < -0.4 is 0 Å². The molecule has 168 valence electrons. The molecule has 0 atom stereocenters. The van der Waals surface area contributed by atoms with E-state index >= 15 is 0 Å². The molecule has 0 saturated heterocycles. The topological polar surface area (TPSA) is 52.1 Å². The first-order chi connectivity index (χ1) is 17.8. The van der Waals surface area contributed by atoms with Crippen molar-refractivity contribution in [3.05, 3.63) is 110 Å². The molecule has 2 aromatic heterocycles. The summed E-state index contributed by atoms with van der Waals surface area (Å²) < 4.78 is 11.5. The quantitative estimate of drug-likeness (QED) is 0.241. The molecule has 8 rings (SSSR count). The molecule has 4 nitrogen and oxygen atoms in total. The molecular weight excluding hydrogens is 444 g/mol. The Kier molecular flexibility index (Phi) is 3.91. The summed E-state index contributed by atoms with van der Waals surface area (Å²) in [6.07, 6.45) is 3.02. The molecule has 8 aromatic rings. The van der Waals surface area contributed by atoms with Gasteiger partial charge in [0.05, 0.1) is 0 Å². The molecule has 0 spiro atoms. The van der Waals surface area contributed by atoms with Crippen LogP contribution in [0.1, 0.15) is 0 Å². The number of oxazole rings is 2. The third-order valence-electron chi connectivity index (χ3n) is 7.17. The lowest BCUT2D eigenvalue weighted by molar-refractivity contribution is 0.602. The van der Waals surface area contributed by atoms with E-state index in [-0.39, 0.29) is 0 Å². The Morgan fingerprint density at radius 2 is 0.889 bits per heavy atom. The van der Waals surface area contributed by atoms with Crippen molar-refractivity contribution in [1.29, 1.82) is 0 Å². The van der Waals surface area contributed by atoms with E-state index in [1.54, 1.807) is 0 Å². The van der Waals surface area contributed by atoms with E-state index in [4.69, 9.17) is 8.83 Å². The lowest BCUT2D eigenvalue weighted by Gasteiger charge is -2.13. The normalized spacial score (nSPS) is 11.9. The Morgan fingerprint density at radius 1 is 0.417 bits per heavy atom. The van der Waals surface area contributed by atoms with Gasteiger partial charge in [-0.15, -0.1) is 0 Å². The summed E-state index contributed by atoms with van der Waals surface area (Å²) in [5.41, 5.74) is 7.68. The van der Waals surface area contributed by atoms with Crippen LogP contribution in [0.25, 0.3) is 76.8 Å². The first kappa shape index (κ1) is 19.4. The summed E-state index contributed by atoms with van der Waals surface area (Å²) in [6.45, 7) is 0. The Hall–Kier alpha value is -4.96. The highest BCUT2D eigenvalue weighted by molar-refractivity contribution is 6.26. The largest absolute Gasteiger partial charge is 0.443 e. The van der Waals surface area contributed by atoms with E-state index in [9.17, 15) is 0 Å². The van der Waals surface area contributed by atoms with Gasteiger partial charge < -0.3 is 8.83 Å². The van der Waals surface area contributed by atoms with Crippen molar-refractivity contribution in [2.75, 3.05) is 0 Å². The number of para-hydroxylation sites is 2. The fourth-order valence-corrected chi connectivity index (χ4v) is 5.52. The van der Waals surface area contributed by atoms with E-state index in [2.05, 4.69) is 82.8 Å². The van der Waals surface area contributed by atoms with E-state index in [1.165, 1.54) is 45.1 Å². The van der Waals surface area contributed by atoms with Crippen LogP contribution in [0.15, 0.2) is 119 Å². The maximum absolute atomic E-state index is 5.73. The smallest absolute Gasteiger partial charge is 0.182 e. The van der Waals surface area contributed by atoms with Crippen LogP contribution in [0.3, 0.4) is 0 Å². The highest BCUT2D eigenvalue weighted by atomic mass is 16.3. The first-order valence-electron chi connectivity index (χ1n) is 11.9. The standard InChI is InChI=1S/C32H18N2O2/c1-2-6-24-23(5-1)27-15-19(21-7-3-9-29-31(21)35-17-33-29)11-13-25(27)26-14-12-20(16-28(24)26)22-8-4-10-30-32(22)36-18-34-30/h1-18H. The van der Waals surface area contributed by atoms with E-state index in [0.717, 1.165) is 44.5 Å². The molecule has 0 aliphatic rings. The van der Waals surface area contributed by atoms with Gasteiger partial charge >= 0.3 is 0 Å². The third kappa shape index (κ3) is 2.70. The van der Waals surface area contributed by atoms with Gasteiger partial charge in [0.15, 0.2) is 24.0 Å². The molecular formula is C32H18N2O2. The summed E-state index contributed by atoms with van der Waals surface area (Å²) in [6, 6.07) is 34.2. The highest BCUT2D eigenvalue weighted by Gasteiger charge is 2.14. The minimum absolute atomic E-state index is 0.813. The van der Waals surface area contributed by atoms with Crippen LogP contribution in [-0.2, 0) is 0 Å². The summed E-state index contributed by atoms with van der Waals surface area (Å²) in [7, 11) is 0. The van der Waals surface area contributed by atoms with Crippen LogP contribution in [0.2, 0.25) is 0 Å². The zero-order valence-corrected chi connectivity index (χ0v) is 19.1. The number of aromatic nitrogens is 2. The number of fused-ring (bicyclic) bond motifs is 8. The molecule has 0 N–H and O–H groups in total. The van der Waals surface area contributed by atoms with Gasteiger partial charge in [-0.25, -0.2) is 9.97 Å². The lowest BCUT2D eigenvalue weighted by Crippen LogP contribution is -1.87. The van der Waals surface area contributed by atoms with Gasteiger partial charge in [-0.05, 0) is 67.7 Å². The Labute approximate surface area is 205 Å². The molecule has 0 amide bonds. The molecule has 0 aliphatic carbocycles. The van der Waals surface area contributed by atoms with Crippen LogP contribution in [-0.4, -0.2) is 9.97 Å². The Balaban J connectivity index is 1.43. The Morgan fingerprint density at radius 3 is 1.39 bits per heavy atom. The average molecular weight is 463 g/mol. The second kappa shape index (κ2) is 7.27. The third-order valence-corrected chi connectivity index (χ3v) is 7.17. The molecule has 0 aliphatic heterocycles. The highest BCUT2D eigenvalue weighted by Crippen LogP contribution is 2.40. The zero-order chi connectivity index (χ0) is 23.6. The number of hydrogen-bond donors (Lipinski definition) is 0. The van der Waals surface area contributed by atoms with Crippen molar-refractivity contribution in [2.24, 2.45) is 0 Å². The fraction of sp³-hybridized carbons (Fsp3) is 0. The molecule has 2 heterocycles. The Bertz CT molecular complexity index is 1940. The van der Waals surface area contributed by atoms with Gasteiger partial charge in [0.2, 0.25) is 0 Å².